The van der Waals surface area contributed by atoms with Crippen LogP contribution in [0.25, 0.3) is 0 Å². The predicted octanol–water partition coefficient (Wildman–Crippen LogP) is 3.20. The summed E-state index contributed by atoms with van der Waals surface area (Å²) in [7, 11) is 4.16. The van der Waals surface area contributed by atoms with Crippen LogP contribution in [0.3, 0.4) is 0 Å². The number of aromatic nitrogens is 2. The van der Waals surface area contributed by atoms with E-state index < -0.39 is 0 Å². The molecule has 5 heteroatoms. The number of hydrogen-bond donors (Lipinski definition) is 2. The van der Waals surface area contributed by atoms with Crippen molar-refractivity contribution in [2.45, 2.75) is 20.3 Å². The number of nitrogens with one attached hydrogen (secondary N) is 2. The highest BCUT2D eigenvalue weighted by Crippen LogP contribution is 2.19. The molecule has 0 aliphatic heterocycles. The molecule has 0 saturated carbocycles. The van der Waals surface area contributed by atoms with E-state index in [0.717, 1.165) is 36.7 Å². The van der Waals surface area contributed by atoms with Gasteiger partial charge in [0.15, 0.2) is 0 Å². The molecule has 0 aliphatic carbocycles. The minimum absolute atomic E-state index is 0.629. The molecule has 0 radical (unpaired) electrons. The van der Waals surface area contributed by atoms with Crippen LogP contribution in [0.4, 0.5) is 17.5 Å². The third-order valence-corrected chi connectivity index (χ3v) is 3.33. The average Bonchev–Trinajstić information content (AvgIpc) is 2.45. The van der Waals surface area contributed by atoms with Crippen LogP contribution in [0.5, 0.6) is 0 Å². The van der Waals surface area contributed by atoms with Gasteiger partial charge in [-0.15, -0.1) is 0 Å². The Labute approximate surface area is 132 Å². The number of anilines is 3. The van der Waals surface area contributed by atoms with E-state index in [9.17, 15) is 0 Å². The van der Waals surface area contributed by atoms with E-state index in [-0.39, 0.29) is 0 Å². The fraction of sp³-hybridized carbons (Fsp3) is 0.412. The first-order chi connectivity index (χ1) is 10.5. The molecule has 0 atom stereocenters. The molecule has 0 amide bonds. The number of benzene rings is 1. The van der Waals surface area contributed by atoms with Crippen LogP contribution in [-0.4, -0.2) is 42.1 Å². The van der Waals surface area contributed by atoms with E-state index in [1.54, 1.807) is 0 Å². The van der Waals surface area contributed by atoms with Gasteiger partial charge in [-0.25, -0.2) is 4.98 Å². The average molecular weight is 299 g/mol. The Morgan fingerprint density at radius 2 is 1.86 bits per heavy atom. The topological polar surface area (TPSA) is 53.1 Å². The summed E-state index contributed by atoms with van der Waals surface area (Å²) in [5.41, 5.74) is 3.15. The summed E-state index contributed by atoms with van der Waals surface area (Å²) in [4.78, 5) is 11.2. The minimum Gasteiger partial charge on any atom is -0.370 e. The van der Waals surface area contributed by atoms with E-state index in [4.69, 9.17) is 0 Å². The normalized spacial score (nSPS) is 10.8. The van der Waals surface area contributed by atoms with Gasteiger partial charge in [-0.2, -0.15) is 4.98 Å². The SMILES string of the molecule is Cc1cc(NCCCN(C)C)nc(Nc2ccccc2C)n1. The van der Waals surface area contributed by atoms with Crippen molar-refractivity contribution < 1.29 is 0 Å². The Balaban J connectivity index is 2.02. The highest BCUT2D eigenvalue weighted by atomic mass is 15.1. The molecule has 1 aromatic heterocycles. The van der Waals surface area contributed by atoms with Gasteiger partial charge in [0.05, 0.1) is 0 Å². The molecule has 0 spiro atoms. The lowest BCUT2D eigenvalue weighted by Gasteiger charge is -2.12. The zero-order valence-electron chi connectivity index (χ0n) is 13.8. The quantitative estimate of drug-likeness (QED) is 0.769. The highest BCUT2D eigenvalue weighted by Gasteiger charge is 2.04. The second-order valence-corrected chi connectivity index (χ2v) is 5.74. The van der Waals surface area contributed by atoms with Crippen molar-refractivity contribution in [2.24, 2.45) is 0 Å². The Bertz CT molecular complexity index is 610. The summed E-state index contributed by atoms with van der Waals surface area (Å²) in [6, 6.07) is 10.1. The number of para-hydroxylation sites is 1. The lowest BCUT2D eigenvalue weighted by Crippen LogP contribution is -2.17. The van der Waals surface area contributed by atoms with Crippen LogP contribution in [0, 0.1) is 13.8 Å². The first-order valence-electron chi connectivity index (χ1n) is 7.61. The van der Waals surface area contributed by atoms with E-state index in [1.807, 2.05) is 31.2 Å². The van der Waals surface area contributed by atoms with E-state index in [2.05, 4.69) is 52.6 Å². The van der Waals surface area contributed by atoms with Gasteiger partial charge in [0.1, 0.15) is 5.82 Å². The smallest absolute Gasteiger partial charge is 0.229 e. The first kappa shape index (κ1) is 16.2. The molecular formula is C17H25N5. The molecule has 118 valence electrons. The minimum atomic E-state index is 0.629. The number of rotatable bonds is 7. The Hall–Kier alpha value is -2.14. The molecule has 5 nitrogen and oxygen atoms in total. The fourth-order valence-corrected chi connectivity index (χ4v) is 2.16. The van der Waals surface area contributed by atoms with Crippen LogP contribution in [0.2, 0.25) is 0 Å². The second kappa shape index (κ2) is 7.75. The van der Waals surface area contributed by atoms with Crippen LogP contribution in [-0.2, 0) is 0 Å². The standard InChI is InChI=1S/C17H25N5/c1-13-8-5-6-9-15(13)20-17-19-14(2)12-16(21-17)18-10-7-11-22(3)4/h5-6,8-9,12H,7,10-11H2,1-4H3,(H2,18,19,20,21). The number of hydrogen-bond acceptors (Lipinski definition) is 5. The molecule has 22 heavy (non-hydrogen) atoms. The number of nitrogens with zero attached hydrogens (tertiary/aromatic N) is 3. The van der Waals surface area contributed by atoms with Gasteiger partial charge in [-0.1, -0.05) is 18.2 Å². The first-order valence-corrected chi connectivity index (χ1v) is 7.61. The zero-order valence-corrected chi connectivity index (χ0v) is 13.8. The van der Waals surface area contributed by atoms with Gasteiger partial charge < -0.3 is 15.5 Å². The summed E-state index contributed by atoms with van der Waals surface area (Å²) in [5, 5.41) is 6.66. The van der Waals surface area contributed by atoms with Crippen molar-refractivity contribution in [1.29, 1.82) is 0 Å². The Morgan fingerprint density at radius 1 is 1.09 bits per heavy atom. The molecule has 0 bridgehead atoms. The maximum atomic E-state index is 4.54. The molecule has 1 aromatic carbocycles. The van der Waals surface area contributed by atoms with Gasteiger partial charge in [0.2, 0.25) is 5.95 Å². The lowest BCUT2D eigenvalue weighted by molar-refractivity contribution is 0.405. The van der Waals surface area contributed by atoms with Crippen molar-refractivity contribution in [3.63, 3.8) is 0 Å². The maximum absolute atomic E-state index is 4.54. The maximum Gasteiger partial charge on any atom is 0.229 e. The van der Waals surface area contributed by atoms with Gasteiger partial charge in [-0.3, -0.25) is 0 Å². The Kier molecular flexibility index (Phi) is 5.72. The molecule has 2 rings (SSSR count). The molecular weight excluding hydrogens is 274 g/mol. The van der Waals surface area contributed by atoms with Crippen molar-refractivity contribution in [3.05, 3.63) is 41.6 Å². The van der Waals surface area contributed by atoms with Crippen molar-refractivity contribution in [2.75, 3.05) is 37.8 Å². The second-order valence-electron chi connectivity index (χ2n) is 5.74. The lowest BCUT2D eigenvalue weighted by atomic mass is 10.2. The number of aryl methyl sites for hydroxylation is 2. The van der Waals surface area contributed by atoms with Crippen LogP contribution in [0.1, 0.15) is 17.7 Å². The molecule has 0 fully saturated rings. The monoisotopic (exact) mass is 299 g/mol. The molecule has 0 saturated heterocycles. The van der Waals surface area contributed by atoms with Crippen LogP contribution >= 0.6 is 0 Å². The van der Waals surface area contributed by atoms with Gasteiger partial charge >= 0.3 is 0 Å². The van der Waals surface area contributed by atoms with Crippen molar-refractivity contribution >= 4 is 17.5 Å². The van der Waals surface area contributed by atoms with Crippen LogP contribution in [0.15, 0.2) is 30.3 Å². The van der Waals surface area contributed by atoms with E-state index >= 15 is 0 Å². The molecule has 1 heterocycles. The van der Waals surface area contributed by atoms with Gasteiger partial charge in [0, 0.05) is 24.0 Å². The van der Waals surface area contributed by atoms with Crippen molar-refractivity contribution in [1.82, 2.24) is 14.9 Å². The predicted molar refractivity (Wildman–Crippen MR) is 92.9 cm³/mol. The zero-order chi connectivity index (χ0) is 15.9. The van der Waals surface area contributed by atoms with Crippen LogP contribution < -0.4 is 10.6 Å². The molecule has 0 unspecified atom stereocenters. The molecule has 2 aromatic rings. The largest absolute Gasteiger partial charge is 0.370 e. The molecule has 0 aliphatic rings. The Morgan fingerprint density at radius 3 is 2.59 bits per heavy atom. The summed E-state index contributed by atoms with van der Waals surface area (Å²) in [5.74, 6) is 1.49. The fourth-order valence-electron chi connectivity index (χ4n) is 2.16. The van der Waals surface area contributed by atoms with Gasteiger partial charge in [0.25, 0.3) is 0 Å². The van der Waals surface area contributed by atoms with Crippen molar-refractivity contribution in [3.8, 4) is 0 Å². The highest BCUT2D eigenvalue weighted by molar-refractivity contribution is 5.59. The third-order valence-electron chi connectivity index (χ3n) is 3.33. The summed E-state index contributed by atoms with van der Waals surface area (Å²) in [6.45, 7) is 6.01. The van der Waals surface area contributed by atoms with E-state index in [0.29, 0.717) is 5.95 Å². The van der Waals surface area contributed by atoms with E-state index in [1.165, 1.54) is 5.56 Å². The summed E-state index contributed by atoms with van der Waals surface area (Å²) in [6.07, 6.45) is 1.08. The van der Waals surface area contributed by atoms with Gasteiger partial charge in [-0.05, 0) is 52.5 Å². The molecule has 2 N–H and O–H groups in total. The summed E-state index contributed by atoms with van der Waals surface area (Å²) < 4.78 is 0. The summed E-state index contributed by atoms with van der Waals surface area (Å²) >= 11 is 0. The third kappa shape index (κ3) is 5.00.